The third-order valence-electron chi connectivity index (χ3n) is 7.29. The van der Waals surface area contributed by atoms with Crippen LogP contribution in [0.1, 0.15) is 66.6 Å². The average Bonchev–Trinajstić information content (AvgIpc) is 2.94. The molecule has 0 heterocycles. The molecule has 6 heteroatoms. The van der Waals surface area contributed by atoms with Crippen molar-refractivity contribution in [3.05, 3.63) is 107 Å². The molecular formula is C32H37NO5. The van der Waals surface area contributed by atoms with E-state index in [2.05, 4.69) is 5.32 Å². The third kappa shape index (κ3) is 6.82. The van der Waals surface area contributed by atoms with E-state index in [-0.39, 0.29) is 18.1 Å². The lowest BCUT2D eigenvalue weighted by Gasteiger charge is -2.37. The topological polar surface area (TPSA) is 104 Å². The monoisotopic (exact) mass is 515 g/mol. The Bertz CT molecular complexity index is 1150. The molecule has 1 atom stereocenters. The highest BCUT2D eigenvalue weighted by Crippen LogP contribution is 2.39. The highest BCUT2D eigenvalue weighted by atomic mass is 16.4. The normalized spacial score (nSPS) is 12.6. The minimum Gasteiger partial charge on any atom is -0.481 e. The minimum absolute atomic E-state index is 0.00726. The zero-order valence-corrected chi connectivity index (χ0v) is 22.1. The van der Waals surface area contributed by atoms with Gasteiger partial charge in [0.25, 0.3) is 0 Å². The van der Waals surface area contributed by atoms with E-state index in [9.17, 15) is 24.6 Å². The molecule has 0 aliphatic carbocycles. The van der Waals surface area contributed by atoms with E-state index in [4.69, 9.17) is 0 Å². The summed E-state index contributed by atoms with van der Waals surface area (Å²) in [5, 5.41) is 24.7. The van der Waals surface area contributed by atoms with Gasteiger partial charge in [0.1, 0.15) is 11.9 Å². The standard InChI is InChI=1S/C32H37NO5/c1-31(2,30(36)37)25-17-15-24(16-18-25)29(35)14-9-21-33-22-19-28(20-23-34)32(38,26-10-5-3-6-11-26)27-12-7-4-8-13-27/h3-8,10-13,15-18,23,28,33,38H,9,14,19-22H2,1-2H3,(H,36,37). The molecule has 200 valence electrons. The number of rotatable bonds is 15. The number of aliphatic carboxylic acids is 1. The van der Waals surface area contributed by atoms with Gasteiger partial charge in [-0.25, -0.2) is 0 Å². The van der Waals surface area contributed by atoms with Gasteiger partial charge in [0, 0.05) is 24.3 Å². The first-order chi connectivity index (χ1) is 18.2. The van der Waals surface area contributed by atoms with Gasteiger partial charge in [0.05, 0.1) is 5.41 Å². The maximum Gasteiger partial charge on any atom is 0.313 e. The Morgan fingerprint density at radius 2 is 1.39 bits per heavy atom. The van der Waals surface area contributed by atoms with E-state index in [0.29, 0.717) is 43.5 Å². The fourth-order valence-corrected chi connectivity index (χ4v) is 4.75. The summed E-state index contributed by atoms with van der Waals surface area (Å²) in [7, 11) is 0. The van der Waals surface area contributed by atoms with Crippen molar-refractivity contribution in [1.82, 2.24) is 5.32 Å². The van der Waals surface area contributed by atoms with Gasteiger partial charge in [-0.05, 0) is 56.5 Å². The summed E-state index contributed by atoms with van der Waals surface area (Å²) in [6, 6.07) is 25.7. The lowest BCUT2D eigenvalue weighted by Crippen LogP contribution is -2.38. The summed E-state index contributed by atoms with van der Waals surface area (Å²) in [4.78, 5) is 35.6. The van der Waals surface area contributed by atoms with Crippen LogP contribution in [0.3, 0.4) is 0 Å². The maximum atomic E-state index is 12.6. The molecule has 0 amide bonds. The molecule has 0 spiro atoms. The molecule has 0 saturated carbocycles. The van der Waals surface area contributed by atoms with Crippen molar-refractivity contribution < 1.29 is 24.6 Å². The van der Waals surface area contributed by atoms with Gasteiger partial charge in [0.2, 0.25) is 0 Å². The smallest absolute Gasteiger partial charge is 0.313 e. The quantitative estimate of drug-likeness (QED) is 0.147. The Morgan fingerprint density at radius 3 is 1.89 bits per heavy atom. The van der Waals surface area contributed by atoms with E-state index in [1.54, 1.807) is 38.1 Å². The first-order valence-electron chi connectivity index (χ1n) is 13.1. The molecule has 3 aromatic carbocycles. The second-order valence-electron chi connectivity index (χ2n) is 10.2. The summed E-state index contributed by atoms with van der Waals surface area (Å²) >= 11 is 0. The number of Topliss-reactive ketones (excluding diaryl/α,β-unsaturated/α-hetero) is 1. The molecule has 0 fully saturated rings. The van der Waals surface area contributed by atoms with E-state index >= 15 is 0 Å². The minimum atomic E-state index is -1.30. The second kappa shape index (κ2) is 13.3. The fourth-order valence-electron chi connectivity index (χ4n) is 4.75. The molecule has 0 radical (unpaired) electrons. The van der Waals surface area contributed by atoms with Crippen LogP contribution in [0.15, 0.2) is 84.9 Å². The summed E-state index contributed by atoms with van der Waals surface area (Å²) in [5.74, 6) is -1.23. The second-order valence-corrected chi connectivity index (χ2v) is 10.2. The van der Waals surface area contributed by atoms with E-state index in [1.807, 2.05) is 60.7 Å². The number of hydrogen-bond acceptors (Lipinski definition) is 5. The van der Waals surface area contributed by atoms with Crippen molar-refractivity contribution in [2.75, 3.05) is 13.1 Å². The molecule has 3 rings (SSSR count). The third-order valence-corrected chi connectivity index (χ3v) is 7.29. The first-order valence-corrected chi connectivity index (χ1v) is 13.1. The zero-order valence-electron chi connectivity index (χ0n) is 22.1. The van der Waals surface area contributed by atoms with Crippen molar-refractivity contribution in [2.24, 2.45) is 5.92 Å². The van der Waals surface area contributed by atoms with Crippen molar-refractivity contribution in [1.29, 1.82) is 0 Å². The van der Waals surface area contributed by atoms with Crippen LogP contribution in [0.5, 0.6) is 0 Å². The summed E-state index contributed by atoms with van der Waals surface area (Å²) in [6.45, 7) is 4.49. The van der Waals surface area contributed by atoms with Crippen LogP contribution in [-0.2, 0) is 20.6 Å². The zero-order chi connectivity index (χ0) is 27.6. The van der Waals surface area contributed by atoms with E-state index < -0.39 is 17.0 Å². The van der Waals surface area contributed by atoms with Crippen LogP contribution >= 0.6 is 0 Å². The molecular weight excluding hydrogens is 478 g/mol. The molecule has 0 aliphatic heterocycles. The highest BCUT2D eigenvalue weighted by molar-refractivity contribution is 5.96. The van der Waals surface area contributed by atoms with Gasteiger partial charge in [0.15, 0.2) is 5.78 Å². The summed E-state index contributed by atoms with van der Waals surface area (Å²) < 4.78 is 0. The Labute approximate surface area is 224 Å². The number of carbonyl (C=O) groups excluding carboxylic acids is 2. The summed E-state index contributed by atoms with van der Waals surface area (Å²) in [5.41, 5.74) is 0.404. The number of carboxylic acids is 1. The molecule has 38 heavy (non-hydrogen) atoms. The van der Waals surface area contributed by atoms with Gasteiger partial charge in [-0.1, -0.05) is 84.9 Å². The number of carbonyl (C=O) groups is 3. The lowest BCUT2D eigenvalue weighted by atomic mass is 9.73. The molecule has 1 unspecified atom stereocenters. The highest BCUT2D eigenvalue weighted by Gasteiger charge is 2.39. The van der Waals surface area contributed by atoms with Crippen LogP contribution in [0, 0.1) is 5.92 Å². The fraction of sp³-hybridized carbons (Fsp3) is 0.344. The number of hydrogen-bond donors (Lipinski definition) is 3. The van der Waals surface area contributed by atoms with E-state index in [1.165, 1.54) is 0 Å². The van der Waals surface area contributed by atoms with Crippen LogP contribution in [0.25, 0.3) is 0 Å². The average molecular weight is 516 g/mol. The number of nitrogens with one attached hydrogen (secondary N) is 1. The van der Waals surface area contributed by atoms with Gasteiger partial charge in [-0.3, -0.25) is 9.59 Å². The lowest BCUT2D eigenvalue weighted by molar-refractivity contribution is -0.142. The van der Waals surface area contributed by atoms with Crippen molar-refractivity contribution >= 4 is 18.0 Å². The number of aliphatic hydroxyl groups is 1. The van der Waals surface area contributed by atoms with Gasteiger partial charge in [-0.15, -0.1) is 0 Å². The SMILES string of the molecule is CC(C)(C(=O)O)c1ccc(C(=O)CCCNCCC(CC=O)C(O)(c2ccccc2)c2ccccc2)cc1. The molecule has 3 aromatic rings. The van der Waals surface area contributed by atoms with Crippen molar-refractivity contribution in [3.8, 4) is 0 Å². The largest absolute Gasteiger partial charge is 0.481 e. The van der Waals surface area contributed by atoms with Gasteiger partial charge >= 0.3 is 5.97 Å². The van der Waals surface area contributed by atoms with Crippen LogP contribution < -0.4 is 5.32 Å². The van der Waals surface area contributed by atoms with E-state index in [0.717, 1.165) is 17.4 Å². The predicted molar refractivity (Wildman–Crippen MR) is 148 cm³/mol. The number of carboxylic acid groups (broad SMARTS) is 1. The van der Waals surface area contributed by atoms with Crippen molar-refractivity contribution in [2.45, 2.75) is 50.5 Å². The Kier molecular flexibility index (Phi) is 10.1. The summed E-state index contributed by atoms with van der Waals surface area (Å²) in [6.07, 6.45) is 2.66. The van der Waals surface area contributed by atoms with Crippen LogP contribution in [0.2, 0.25) is 0 Å². The van der Waals surface area contributed by atoms with Crippen molar-refractivity contribution in [3.63, 3.8) is 0 Å². The number of benzene rings is 3. The molecule has 0 aromatic heterocycles. The maximum absolute atomic E-state index is 12.6. The molecule has 6 nitrogen and oxygen atoms in total. The molecule has 3 N–H and O–H groups in total. The first kappa shape index (κ1) is 29.0. The van der Waals surface area contributed by atoms with Gasteiger partial charge < -0.3 is 20.3 Å². The number of aldehydes is 1. The van der Waals surface area contributed by atoms with Gasteiger partial charge in [-0.2, -0.15) is 0 Å². The van der Waals surface area contributed by atoms with Crippen LogP contribution in [-0.4, -0.2) is 41.3 Å². The Balaban J connectivity index is 1.55. The van der Waals surface area contributed by atoms with Crippen LogP contribution in [0.4, 0.5) is 0 Å². The molecule has 0 bridgehead atoms. The Morgan fingerprint density at radius 1 is 0.842 bits per heavy atom. The predicted octanol–water partition coefficient (Wildman–Crippen LogP) is 5.13. The Hall–Kier alpha value is -3.61. The number of ketones is 1. The molecule has 0 aliphatic rings. The molecule has 0 saturated heterocycles.